The Balaban J connectivity index is 1.92. The third-order valence-corrected chi connectivity index (χ3v) is 4.82. The van der Waals surface area contributed by atoms with Gasteiger partial charge in [-0.15, -0.1) is 0 Å². The third-order valence-electron chi connectivity index (χ3n) is 3.66. The zero-order chi connectivity index (χ0) is 14.8. The number of anilines is 1. The lowest BCUT2D eigenvalue weighted by atomic mass is 10.1. The first kappa shape index (κ1) is 15.6. The molecule has 0 bridgehead atoms. The molecule has 112 valence electrons. The van der Waals surface area contributed by atoms with Gasteiger partial charge >= 0.3 is 0 Å². The van der Waals surface area contributed by atoms with E-state index in [9.17, 15) is 8.42 Å². The fraction of sp³-hybridized carbons (Fsp3) is 0.571. The van der Waals surface area contributed by atoms with Gasteiger partial charge in [0.25, 0.3) is 0 Å². The van der Waals surface area contributed by atoms with Crippen molar-refractivity contribution in [2.75, 3.05) is 49.6 Å². The van der Waals surface area contributed by atoms with Crippen LogP contribution >= 0.6 is 11.6 Å². The summed E-state index contributed by atoms with van der Waals surface area (Å²) in [7, 11) is -2.87. The Morgan fingerprint density at radius 3 is 2.45 bits per heavy atom. The van der Waals surface area contributed by atoms with Gasteiger partial charge < -0.3 is 4.90 Å². The summed E-state index contributed by atoms with van der Waals surface area (Å²) in [5.74, 6) is 0.239. The number of nitrogens with zero attached hydrogens (tertiary/aromatic N) is 2. The highest BCUT2D eigenvalue weighted by atomic mass is 35.5. The van der Waals surface area contributed by atoms with Gasteiger partial charge in [-0.05, 0) is 24.6 Å². The Labute approximate surface area is 126 Å². The van der Waals surface area contributed by atoms with Crippen molar-refractivity contribution >= 4 is 27.1 Å². The number of aryl methyl sites for hydroxylation is 1. The average Bonchev–Trinajstić information content (AvgIpc) is 2.39. The van der Waals surface area contributed by atoms with E-state index in [1.165, 1.54) is 17.5 Å². The van der Waals surface area contributed by atoms with Crippen LogP contribution in [-0.2, 0) is 9.84 Å². The lowest BCUT2D eigenvalue weighted by molar-refractivity contribution is 0.272. The monoisotopic (exact) mass is 316 g/mol. The van der Waals surface area contributed by atoms with Gasteiger partial charge in [-0.25, -0.2) is 8.42 Å². The summed E-state index contributed by atoms with van der Waals surface area (Å²) in [6.07, 6.45) is 1.29. The van der Waals surface area contributed by atoms with E-state index in [-0.39, 0.29) is 5.75 Å². The second-order valence-corrected chi connectivity index (χ2v) is 8.09. The van der Waals surface area contributed by atoms with E-state index in [1.807, 2.05) is 18.2 Å². The molecule has 1 aliphatic rings. The topological polar surface area (TPSA) is 40.6 Å². The Hall–Kier alpha value is -0.780. The van der Waals surface area contributed by atoms with Gasteiger partial charge in [0.2, 0.25) is 0 Å². The molecule has 20 heavy (non-hydrogen) atoms. The van der Waals surface area contributed by atoms with Crippen molar-refractivity contribution in [3.05, 3.63) is 28.8 Å². The predicted molar refractivity (Wildman–Crippen MR) is 84.6 cm³/mol. The van der Waals surface area contributed by atoms with Gasteiger partial charge in [0.1, 0.15) is 9.84 Å². The van der Waals surface area contributed by atoms with Crippen LogP contribution in [0.2, 0.25) is 5.02 Å². The predicted octanol–water partition coefficient (Wildman–Crippen LogP) is 1.82. The molecule has 6 heteroatoms. The smallest absolute Gasteiger partial charge is 0.148 e. The molecule has 1 aliphatic heterocycles. The lowest BCUT2D eigenvalue weighted by Gasteiger charge is -2.36. The second kappa shape index (κ2) is 6.33. The van der Waals surface area contributed by atoms with Gasteiger partial charge in [-0.3, -0.25) is 4.90 Å². The fourth-order valence-electron chi connectivity index (χ4n) is 2.43. The molecule has 0 atom stereocenters. The van der Waals surface area contributed by atoms with E-state index in [2.05, 4.69) is 16.7 Å². The molecule has 0 saturated carbocycles. The van der Waals surface area contributed by atoms with E-state index in [0.29, 0.717) is 6.54 Å². The minimum atomic E-state index is -2.87. The van der Waals surface area contributed by atoms with Gasteiger partial charge in [-0.1, -0.05) is 17.7 Å². The first-order chi connectivity index (χ1) is 9.35. The maximum absolute atomic E-state index is 11.2. The molecule has 2 rings (SSSR count). The quantitative estimate of drug-likeness (QED) is 0.849. The molecule has 0 N–H and O–H groups in total. The van der Waals surface area contributed by atoms with Crippen molar-refractivity contribution in [3.8, 4) is 0 Å². The highest BCUT2D eigenvalue weighted by Gasteiger charge is 2.19. The Kier molecular flexibility index (Phi) is 4.94. The Morgan fingerprint density at radius 2 is 1.85 bits per heavy atom. The van der Waals surface area contributed by atoms with E-state index in [4.69, 9.17) is 11.6 Å². The summed E-state index contributed by atoms with van der Waals surface area (Å²) in [4.78, 5) is 4.52. The largest absolute Gasteiger partial charge is 0.369 e. The Morgan fingerprint density at radius 1 is 1.20 bits per heavy atom. The van der Waals surface area contributed by atoms with Gasteiger partial charge in [0, 0.05) is 49.7 Å². The van der Waals surface area contributed by atoms with Crippen LogP contribution < -0.4 is 4.90 Å². The molecule has 1 saturated heterocycles. The third kappa shape index (κ3) is 4.36. The van der Waals surface area contributed by atoms with E-state index < -0.39 is 9.84 Å². The highest BCUT2D eigenvalue weighted by Crippen LogP contribution is 2.25. The summed E-state index contributed by atoms with van der Waals surface area (Å²) < 4.78 is 22.4. The van der Waals surface area contributed by atoms with Crippen LogP contribution in [0.5, 0.6) is 0 Å². The van der Waals surface area contributed by atoms with Crippen LogP contribution in [0.15, 0.2) is 18.2 Å². The number of sulfone groups is 1. The molecule has 0 amide bonds. The van der Waals surface area contributed by atoms with E-state index >= 15 is 0 Å². The maximum Gasteiger partial charge on any atom is 0.148 e. The standard InChI is InChI=1S/C14H21ClN2O2S/c1-12-3-4-13(15)11-14(12)17-7-5-16(6-8-17)9-10-20(2,18)19/h3-4,11H,5-10H2,1-2H3. The maximum atomic E-state index is 11.2. The second-order valence-electron chi connectivity index (χ2n) is 5.39. The average molecular weight is 317 g/mol. The van der Waals surface area contributed by atoms with E-state index in [0.717, 1.165) is 31.2 Å². The summed E-state index contributed by atoms with van der Waals surface area (Å²) in [6, 6.07) is 5.94. The minimum absolute atomic E-state index is 0.239. The van der Waals surface area contributed by atoms with Crippen LogP contribution in [0.3, 0.4) is 0 Å². The first-order valence-corrected chi connectivity index (χ1v) is 9.20. The highest BCUT2D eigenvalue weighted by molar-refractivity contribution is 7.90. The van der Waals surface area contributed by atoms with E-state index in [1.54, 1.807) is 0 Å². The van der Waals surface area contributed by atoms with Crippen molar-refractivity contribution in [2.24, 2.45) is 0 Å². The van der Waals surface area contributed by atoms with Crippen molar-refractivity contribution in [2.45, 2.75) is 6.92 Å². The fourth-order valence-corrected chi connectivity index (χ4v) is 3.19. The molecule has 0 radical (unpaired) electrons. The molecule has 1 aromatic carbocycles. The summed E-state index contributed by atoms with van der Waals surface area (Å²) in [5.41, 5.74) is 2.40. The number of rotatable bonds is 4. The number of hydrogen-bond acceptors (Lipinski definition) is 4. The molecule has 0 aromatic heterocycles. The zero-order valence-electron chi connectivity index (χ0n) is 12.0. The van der Waals surface area contributed by atoms with Gasteiger partial charge in [0.15, 0.2) is 0 Å². The van der Waals surface area contributed by atoms with Crippen molar-refractivity contribution in [1.29, 1.82) is 0 Å². The first-order valence-electron chi connectivity index (χ1n) is 6.76. The molecule has 1 fully saturated rings. The molecular weight excluding hydrogens is 296 g/mol. The summed E-state index contributed by atoms with van der Waals surface area (Å²) in [6.45, 7) is 6.31. The van der Waals surface area contributed by atoms with Crippen molar-refractivity contribution in [1.82, 2.24) is 4.90 Å². The van der Waals surface area contributed by atoms with Crippen molar-refractivity contribution in [3.63, 3.8) is 0 Å². The van der Waals surface area contributed by atoms with Crippen LogP contribution in [0.1, 0.15) is 5.56 Å². The van der Waals surface area contributed by atoms with Crippen LogP contribution in [-0.4, -0.2) is 58.1 Å². The lowest BCUT2D eigenvalue weighted by Crippen LogP contribution is -2.47. The summed E-state index contributed by atoms with van der Waals surface area (Å²) >= 11 is 6.06. The number of piperazine rings is 1. The molecular formula is C14H21ClN2O2S. The summed E-state index contributed by atoms with van der Waals surface area (Å²) in [5, 5.41) is 0.755. The SMILES string of the molecule is Cc1ccc(Cl)cc1N1CCN(CCS(C)(=O)=O)CC1. The minimum Gasteiger partial charge on any atom is -0.369 e. The van der Waals surface area contributed by atoms with Crippen LogP contribution in [0, 0.1) is 6.92 Å². The Bertz CT molecular complexity index is 567. The van der Waals surface area contributed by atoms with Gasteiger partial charge in [0.05, 0.1) is 5.75 Å². The normalized spacial score (nSPS) is 17.4. The molecule has 1 heterocycles. The molecule has 4 nitrogen and oxygen atoms in total. The van der Waals surface area contributed by atoms with Gasteiger partial charge in [-0.2, -0.15) is 0 Å². The number of hydrogen-bond donors (Lipinski definition) is 0. The molecule has 1 aromatic rings. The number of benzene rings is 1. The molecule has 0 aliphatic carbocycles. The molecule has 0 spiro atoms. The van der Waals surface area contributed by atoms with Crippen LogP contribution in [0.25, 0.3) is 0 Å². The molecule has 0 unspecified atom stereocenters. The van der Waals surface area contributed by atoms with Crippen LogP contribution in [0.4, 0.5) is 5.69 Å². The number of halogens is 1. The van der Waals surface area contributed by atoms with Crippen molar-refractivity contribution < 1.29 is 8.42 Å². The zero-order valence-corrected chi connectivity index (χ0v) is 13.5.